The molecule has 0 radical (unpaired) electrons. The molecule has 0 aliphatic heterocycles. The molecule has 0 N–H and O–H groups in total. The van der Waals surface area contributed by atoms with Crippen LogP contribution in [-0.2, 0) is 12.8 Å². The average Bonchev–Trinajstić information content (AvgIpc) is 2.96. The lowest BCUT2D eigenvalue weighted by Gasteiger charge is -2.14. The minimum Gasteiger partial charge on any atom is -0.440 e. The number of fused-ring (bicyclic) bond motifs is 1. The third-order valence-electron chi connectivity index (χ3n) is 4.60. The minimum absolute atomic E-state index is 0.445. The van der Waals surface area contributed by atoms with Crippen LogP contribution in [-0.4, -0.2) is 9.97 Å². The van der Waals surface area contributed by atoms with E-state index >= 15 is 0 Å². The normalized spacial score (nSPS) is 16.9. The highest BCUT2D eigenvalue weighted by Crippen LogP contribution is 2.33. The van der Waals surface area contributed by atoms with Crippen molar-refractivity contribution < 1.29 is 4.42 Å². The number of pyridine rings is 1. The maximum atomic E-state index is 9.08. The van der Waals surface area contributed by atoms with Crippen LogP contribution in [0.15, 0.2) is 53.1 Å². The maximum absolute atomic E-state index is 9.08. The molecule has 1 aromatic carbocycles. The van der Waals surface area contributed by atoms with Gasteiger partial charge in [-0.15, -0.1) is 0 Å². The molecule has 2 heterocycles. The van der Waals surface area contributed by atoms with Gasteiger partial charge in [0.1, 0.15) is 11.5 Å². The molecule has 24 heavy (non-hydrogen) atoms. The van der Waals surface area contributed by atoms with Gasteiger partial charge in [-0.2, -0.15) is 5.26 Å². The molecule has 4 heteroatoms. The van der Waals surface area contributed by atoms with Crippen molar-refractivity contribution in [3.63, 3.8) is 0 Å². The Hall–Kier alpha value is -2.93. The Kier molecular flexibility index (Phi) is 3.84. The van der Waals surface area contributed by atoms with E-state index < -0.39 is 0 Å². The van der Waals surface area contributed by atoms with Crippen molar-refractivity contribution >= 4 is 0 Å². The van der Waals surface area contributed by atoms with E-state index in [1.807, 2.05) is 36.4 Å². The molecule has 0 amide bonds. The Labute approximate surface area is 140 Å². The van der Waals surface area contributed by atoms with E-state index in [9.17, 15) is 0 Å². The Morgan fingerprint density at radius 3 is 2.83 bits per heavy atom. The van der Waals surface area contributed by atoms with E-state index in [1.165, 1.54) is 5.56 Å². The lowest BCUT2D eigenvalue weighted by Crippen LogP contribution is -2.00. The van der Waals surface area contributed by atoms with Gasteiger partial charge in [0.15, 0.2) is 0 Å². The van der Waals surface area contributed by atoms with E-state index in [-0.39, 0.29) is 0 Å². The number of rotatable bonds is 2. The zero-order valence-corrected chi connectivity index (χ0v) is 13.3. The van der Waals surface area contributed by atoms with E-state index in [4.69, 9.17) is 9.68 Å². The maximum Gasteiger partial charge on any atom is 0.245 e. The number of aryl methyl sites for hydroxylation is 2. The largest absolute Gasteiger partial charge is 0.440 e. The second-order valence-corrected chi connectivity index (χ2v) is 6.12. The summed E-state index contributed by atoms with van der Waals surface area (Å²) in [6, 6.07) is 15.9. The smallest absolute Gasteiger partial charge is 0.245 e. The number of hydrogen-bond donors (Lipinski definition) is 0. The summed E-state index contributed by atoms with van der Waals surface area (Å²) in [7, 11) is 0. The van der Waals surface area contributed by atoms with Gasteiger partial charge in [0.25, 0.3) is 0 Å². The van der Waals surface area contributed by atoms with Crippen molar-refractivity contribution in [1.82, 2.24) is 9.97 Å². The zero-order chi connectivity index (χ0) is 16.4. The second-order valence-electron chi connectivity index (χ2n) is 6.12. The van der Waals surface area contributed by atoms with Gasteiger partial charge in [-0.25, -0.2) is 4.98 Å². The molecule has 2 aromatic heterocycles. The van der Waals surface area contributed by atoms with Crippen LogP contribution in [0, 0.1) is 11.3 Å². The Morgan fingerprint density at radius 1 is 1.08 bits per heavy atom. The lowest BCUT2D eigenvalue weighted by atomic mass is 9.91. The highest BCUT2D eigenvalue weighted by Gasteiger charge is 2.23. The summed E-state index contributed by atoms with van der Waals surface area (Å²) >= 11 is 0. The summed E-state index contributed by atoms with van der Waals surface area (Å²) in [6.07, 6.45) is 5.56. The van der Waals surface area contributed by atoms with Crippen LogP contribution in [0.2, 0.25) is 0 Å². The standard InChI is InChI=1S/C20H17N3O/c21-13-14-4-3-5-16(12-14)15-7-9-17-19(10-8-15)24-20(23-17)18-6-1-2-11-22-18/h1-6,11-12,15H,7-10H2. The molecule has 1 aliphatic rings. The fraction of sp³-hybridized carbons (Fsp3) is 0.250. The van der Waals surface area contributed by atoms with Gasteiger partial charge < -0.3 is 4.42 Å². The number of benzene rings is 1. The van der Waals surface area contributed by atoms with Crippen molar-refractivity contribution in [3.05, 3.63) is 71.2 Å². The predicted octanol–water partition coefficient (Wildman–Crippen LogP) is 4.27. The first kappa shape index (κ1) is 14.6. The number of nitriles is 1. The molecule has 0 fully saturated rings. The fourth-order valence-electron chi connectivity index (χ4n) is 3.33. The zero-order valence-electron chi connectivity index (χ0n) is 13.3. The van der Waals surface area contributed by atoms with Crippen LogP contribution in [0.1, 0.15) is 41.3 Å². The predicted molar refractivity (Wildman–Crippen MR) is 90.3 cm³/mol. The third-order valence-corrected chi connectivity index (χ3v) is 4.60. The van der Waals surface area contributed by atoms with Crippen LogP contribution in [0.3, 0.4) is 0 Å². The summed E-state index contributed by atoms with van der Waals surface area (Å²) in [4.78, 5) is 8.97. The Bertz CT molecular complexity index is 867. The van der Waals surface area contributed by atoms with Crippen LogP contribution in [0.5, 0.6) is 0 Å². The summed E-state index contributed by atoms with van der Waals surface area (Å²) < 4.78 is 5.98. The molecule has 4 nitrogen and oxygen atoms in total. The molecule has 3 aromatic rings. The summed E-state index contributed by atoms with van der Waals surface area (Å²) in [5.74, 6) is 2.04. The highest BCUT2D eigenvalue weighted by atomic mass is 16.4. The lowest BCUT2D eigenvalue weighted by molar-refractivity contribution is 0.496. The highest BCUT2D eigenvalue weighted by molar-refractivity contribution is 5.47. The SMILES string of the molecule is N#Cc1cccc(C2CCc3nc(-c4ccccn4)oc3CC2)c1. The minimum atomic E-state index is 0.445. The van der Waals surface area contributed by atoms with Gasteiger partial charge in [0.2, 0.25) is 5.89 Å². The fourth-order valence-corrected chi connectivity index (χ4v) is 3.33. The summed E-state index contributed by atoms with van der Waals surface area (Å²) in [5.41, 5.74) is 3.80. The van der Waals surface area contributed by atoms with Crippen molar-refractivity contribution in [3.8, 4) is 17.7 Å². The molecule has 0 bridgehead atoms. The molecule has 0 saturated heterocycles. The van der Waals surface area contributed by atoms with E-state index in [1.54, 1.807) is 6.20 Å². The van der Waals surface area contributed by atoms with Crippen LogP contribution >= 0.6 is 0 Å². The van der Waals surface area contributed by atoms with Gasteiger partial charge >= 0.3 is 0 Å². The molecule has 1 unspecified atom stereocenters. The molecule has 0 saturated carbocycles. The number of hydrogen-bond acceptors (Lipinski definition) is 4. The van der Waals surface area contributed by atoms with Gasteiger partial charge in [0, 0.05) is 12.6 Å². The van der Waals surface area contributed by atoms with E-state index in [0.29, 0.717) is 11.8 Å². The van der Waals surface area contributed by atoms with E-state index in [2.05, 4.69) is 22.1 Å². The first-order chi connectivity index (χ1) is 11.8. The van der Waals surface area contributed by atoms with Crippen molar-refractivity contribution in [2.75, 3.05) is 0 Å². The van der Waals surface area contributed by atoms with Gasteiger partial charge in [-0.3, -0.25) is 4.98 Å². The van der Waals surface area contributed by atoms with Gasteiger partial charge in [-0.05, 0) is 55.0 Å². The second kappa shape index (κ2) is 6.29. The molecule has 0 spiro atoms. The first-order valence-corrected chi connectivity index (χ1v) is 8.23. The Balaban J connectivity index is 1.55. The van der Waals surface area contributed by atoms with Crippen molar-refractivity contribution in [1.29, 1.82) is 5.26 Å². The number of oxazole rings is 1. The van der Waals surface area contributed by atoms with E-state index in [0.717, 1.165) is 48.4 Å². The quantitative estimate of drug-likeness (QED) is 0.662. The molecule has 1 aliphatic carbocycles. The van der Waals surface area contributed by atoms with Gasteiger partial charge in [0.05, 0.1) is 17.3 Å². The monoisotopic (exact) mass is 315 g/mol. The topological polar surface area (TPSA) is 62.7 Å². The number of aromatic nitrogens is 2. The van der Waals surface area contributed by atoms with Crippen molar-refractivity contribution in [2.24, 2.45) is 0 Å². The summed E-state index contributed by atoms with van der Waals surface area (Å²) in [6.45, 7) is 0. The third kappa shape index (κ3) is 2.81. The van der Waals surface area contributed by atoms with Crippen LogP contribution in [0.25, 0.3) is 11.6 Å². The van der Waals surface area contributed by atoms with Crippen LogP contribution in [0.4, 0.5) is 0 Å². The first-order valence-electron chi connectivity index (χ1n) is 8.23. The number of nitrogens with zero attached hydrogens (tertiary/aromatic N) is 3. The molecule has 1 atom stereocenters. The molecular formula is C20H17N3O. The molecule has 4 rings (SSSR count). The molecule has 118 valence electrons. The van der Waals surface area contributed by atoms with Crippen LogP contribution < -0.4 is 0 Å². The average molecular weight is 315 g/mol. The summed E-state index contributed by atoms with van der Waals surface area (Å²) in [5, 5.41) is 9.08. The van der Waals surface area contributed by atoms with Crippen molar-refractivity contribution in [2.45, 2.75) is 31.6 Å². The van der Waals surface area contributed by atoms with Gasteiger partial charge in [-0.1, -0.05) is 18.2 Å². The Morgan fingerprint density at radius 2 is 2.00 bits per heavy atom. The molecular weight excluding hydrogens is 298 g/mol.